The quantitative estimate of drug-likeness (QED) is 0.353. The second-order valence-corrected chi connectivity index (χ2v) is 8.15. The van der Waals surface area contributed by atoms with Gasteiger partial charge in [-0.05, 0) is 30.7 Å². The van der Waals surface area contributed by atoms with E-state index in [4.69, 9.17) is 16.6 Å². The molecule has 3 aromatic heterocycles. The first-order chi connectivity index (χ1) is 16.2. The number of unbranched alkanes of at least 4 members (excludes halogenated alkanes) is 1. The smallest absolute Gasteiger partial charge is 0.267 e. The Kier molecular flexibility index (Phi) is 5.75. The normalized spacial score (nSPS) is 12.3. The van der Waals surface area contributed by atoms with Crippen molar-refractivity contribution >= 4 is 39.5 Å². The van der Waals surface area contributed by atoms with E-state index in [-0.39, 0.29) is 11.6 Å². The molecule has 8 nitrogen and oxygen atoms in total. The van der Waals surface area contributed by atoms with Crippen LogP contribution >= 0.6 is 11.6 Å². The zero-order valence-corrected chi connectivity index (χ0v) is 18.8. The van der Waals surface area contributed by atoms with Gasteiger partial charge in [0.15, 0.2) is 11.5 Å². The maximum absolute atomic E-state index is 13.7. The highest BCUT2D eigenvalue weighted by molar-refractivity contribution is 6.35. The SMILES string of the molecule is CCCC[C@@H](Nc1ncnc2nc[nH]c12)c1nc2cccc(Cl)c2c(=O)n1-c1ccccc1. The lowest BCUT2D eigenvalue weighted by Crippen LogP contribution is -2.28. The lowest BCUT2D eigenvalue weighted by atomic mass is 10.1. The number of rotatable bonds is 7. The number of aromatic nitrogens is 6. The van der Waals surface area contributed by atoms with Gasteiger partial charge in [0.2, 0.25) is 0 Å². The summed E-state index contributed by atoms with van der Waals surface area (Å²) in [4.78, 5) is 34.6. The van der Waals surface area contributed by atoms with Crippen LogP contribution < -0.4 is 10.9 Å². The highest BCUT2D eigenvalue weighted by Crippen LogP contribution is 2.28. The Morgan fingerprint density at radius 2 is 1.94 bits per heavy atom. The van der Waals surface area contributed by atoms with Gasteiger partial charge in [0.25, 0.3) is 5.56 Å². The van der Waals surface area contributed by atoms with Gasteiger partial charge in [-0.3, -0.25) is 9.36 Å². The third-order valence-electron chi connectivity index (χ3n) is 5.58. The molecule has 0 spiro atoms. The van der Waals surface area contributed by atoms with Gasteiger partial charge in [0, 0.05) is 0 Å². The van der Waals surface area contributed by atoms with Crippen LogP contribution in [0.4, 0.5) is 5.82 Å². The second-order valence-electron chi connectivity index (χ2n) is 7.74. The zero-order valence-electron chi connectivity index (χ0n) is 18.0. The maximum atomic E-state index is 13.7. The predicted octanol–water partition coefficient (Wildman–Crippen LogP) is 5.05. The Morgan fingerprint density at radius 1 is 1.09 bits per heavy atom. The monoisotopic (exact) mass is 459 g/mol. The van der Waals surface area contributed by atoms with Crippen molar-refractivity contribution in [3.63, 3.8) is 0 Å². The zero-order chi connectivity index (χ0) is 22.8. The van der Waals surface area contributed by atoms with E-state index in [9.17, 15) is 4.79 Å². The van der Waals surface area contributed by atoms with Gasteiger partial charge in [-0.2, -0.15) is 0 Å². The number of nitrogens with zero attached hydrogens (tertiary/aromatic N) is 5. The molecule has 0 radical (unpaired) electrons. The van der Waals surface area contributed by atoms with Gasteiger partial charge < -0.3 is 10.3 Å². The van der Waals surface area contributed by atoms with Crippen LogP contribution in [0.1, 0.15) is 38.1 Å². The molecule has 9 heteroatoms. The van der Waals surface area contributed by atoms with Crippen molar-refractivity contribution in [2.45, 2.75) is 32.2 Å². The minimum atomic E-state index is -0.289. The van der Waals surface area contributed by atoms with Crippen LogP contribution in [0.25, 0.3) is 27.8 Å². The molecule has 0 aliphatic carbocycles. The van der Waals surface area contributed by atoms with Crippen LogP contribution in [0.2, 0.25) is 5.02 Å². The molecule has 166 valence electrons. The summed E-state index contributed by atoms with van der Waals surface area (Å²) in [7, 11) is 0. The van der Waals surface area contributed by atoms with E-state index in [1.54, 1.807) is 23.0 Å². The van der Waals surface area contributed by atoms with Crippen LogP contribution in [0, 0.1) is 0 Å². The molecule has 0 bridgehead atoms. The van der Waals surface area contributed by atoms with Crippen molar-refractivity contribution in [2.24, 2.45) is 0 Å². The molecule has 1 atom stereocenters. The number of para-hydroxylation sites is 1. The van der Waals surface area contributed by atoms with Crippen LogP contribution in [0.5, 0.6) is 0 Å². The molecule has 0 unspecified atom stereocenters. The summed E-state index contributed by atoms with van der Waals surface area (Å²) in [6, 6.07) is 14.5. The number of hydrogen-bond donors (Lipinski definition) is 2. The lowest BCUT2D eigenvalue weighted by Gasteiger charge is -2.23. The van der Waals surface area contributed by atoms with Crippen molar-refractivity contribution in [3.05, 3.63) is 82.4 Å². The van der Waals surface area contributed by atoms with E-state index in [2.05, 4.69) is 32.2 Å². The van der Waals surface area contributed by atoms with E-state index >= 15 is 0 Å². The molecular formula is C24H22ClN7O. The number of aromatic amines is 1. The van der Waals surface area contributed by atoms with Crippen LogP contribution in [0.3, 0.4) is 0 Å². The average Bonchev–Trinajstić information content (AvgIpc) is 3.32. The summed E-state index contributed by atoms with van der Waals surface area (Å²) in [6.07, 6.45) is 5.74. The molecule has 5 aromatic rings. The van der Waals surface area contributed by atoms with Crippen LogP contribution in [0.15, 0.2) is 66.0 Å². The number of H-pyrrole nitrogens is 1. The molecule has 0 fully saturated rings. The summed E-state index contributed by atoms with van der Waals surface area (Å²) >= 11 is 6.42. The number of anilines is 1. The number of benzene rings is 2. The van der Waals surface area contributed by atoms with Crippen molar-refractivity contribution < 1.29 is 0 Å². The molecule has 0 saturated carbocycles. The van der Waals surface area contributed by atoms with Crippen LogP contribution in [-0.2, 0) is 0 Å². The number of halogens is 1. The van der Waals surface area contributed by atoms with E-state index in [0.29, 0.717) is 38.7 Å². The number of hydrogen-bond acceptors (Lipinski definition) is 6. The van der Waals surface area contributed by atoms with Crippen molar-refractivity contribution in [1.29, 1.82) is 0 Å². The fraction of sp³-hybridized carbons (Fsp3) is 0.208. The molecular weight excluding hydrogens is 438 g/mol. The Morgan fingerprint density at radius 3 is 2.76 bits per heavy atom. The summed E-state index contributed by atoms with van der Waals surface area (Å²) in [5.41, 5.74) is 2.36. The Balaban J connectivity index is 1.74. The fourth-order valence-corrected chi connectivity index (χ4v) is 4.23. The van der Waals surface area contributed by atoms with E-state index in [0.717, 1.165) is 24.9 Å². The number of nitrogens with one attached hydrogen (secondary N) is 2. The van der Waals surface area contributed by atoms with Crippen LogP contribution in [-0.4, -0.2) is 29.5 Å². The first-order valence-corrected chi connectivity index (χ1v) is 11.2. The molecule has 0 aliphatic rings. The van der Waals surface area contributed by atoms with E-state index in [1.165, 1.54) is 6.33 Å². The molecule has 2 N–H and O–H groups in total. The molecule has 33 heavy (non-hydrogen) atoms. The van der Waals surface area contributed by atoms with E-state index < -0.39 is 0 Å². The van der Waals surface area contributed by atoms with Gasteiger partial charge in [-0.15, -0.1) is 0 Å². The molecule has 3 heterocycles. The summed E-state index contributed by atoms with van der Waals surface area (Å²) in [6.45, 7) is 2.13. The molecule has 2 aromatic carbocycles. The largest absolute Gasteiger partial charge is 0.358 e. The topological polar surface area (TPSA) is 101 Å². The van der Waals surface area contributed by atoms with Gasteiger partial charge in [0.05, 0.1) is 34.0 Å². The lowest BCUT2D eigenvalue weighted by molar-refractivity contribution is 0.589. The average molecular weight is 460 g/mol. The number of imidazole rings is 1. The minimum absolute atomic E-state index is 0.204. The van der Waals surface area contributed by atoms with E-state index in [1.807, 2.05) is 36.4 Å². The summed E-state index contributed by atoms with van der Waals surface area (Å²) in [5, 5.41) is 4.28. The number of fused-ring (bicyclic) bond motifs is 2. The summed E-state index contributed by atoms with van der Waals surface area (Å²) < 4.78 is 1.65. The third kappa shape index (κ3) is 3.93. The van der Waals surface area contributed by atoms with Gasteiger partial charge >= 0.3 is 0 Å². The first kappa shape index (κ1) is 21.1. The second kappa shape index (κ2) is 8.99. The Bertz CT molecular complexity index is 1480. The van der Waals surface area contributed by atoms with Crippen molar-refractivity contribution in [2.75, 3.05) is 5.32 Å². The first-order valence-electron chi connectivity index (χ1n) is 10.8. The molecule has 0 saturated heterocycles. The van der Waals surface area contributed by atoms with Gasteiger partial charge in [0.1, 0.15) is 17.7 Å². The highest BCUT2D eigenvalue weighted by atomic mass is 35.5. The molecule has 0 aliphatic heterocycles. The Labute approximate surface area is 194 Å². The fourth-order valence-electron chi connectivity index (χ4n) is 3.98. The summed E-state index contributed by atoms with van der Waals surface area (Å²) in [5.74, 6) is 1.21. The molecule has 5 rings (SSSR count). The molecule has 0 amide bonds. The van der Waals surface area contributed by atoms with Crippen molar-refractivity contribution in [1.82, 2.24) is 29.5 Å². The minimum Gasteiger partial charge on any atom is -0.358 e. The third-order valence-corrected chi connectivity index (χ3v) is 5.89. The predicted molar refractivity (Wildman–Crippen MR) is 130 cm³/mol. The highest BCUT2D eigenvalue weighted by Gasteiger charge is 2.23. The van der Waals surface area contributed by atoms with Gasteiger partial charge in [-0.25, -0.2) is 19.9 Å². The maximum Gasteiger partial charge on any atom is 0.267 e. The van der Waals surface area contributed by atoms with Gasteiger partial charge in [-0.1, -0.05) is 55.6 Å². The standard InChI is InChI=1S/C24H22ClN7O/c1-2-3-11-18(30-22-20-21(27-13-26-20)28-14-29-22)23-31-17-12-7-10-16(25)19(17)24(33)32(23)15-8-5-4-6-9-15/h4-10,12-14,18H,2-3,11H2,1H3,(H2,26,27,28,29,30)/t18-/m1/s1. The van der Waals surface area contributed by atoms with Crippen molar-refractivity contribution in [3.8, 4) is 5.69 Å². The Hall–Kier alpha value is -3.78.